The Bertz CT molecular complexity index is 1090. The molecule has 1 heterocycles. The zero-order valence-corrected chi connectivity index (χ0v) is 19.2. The van der Waals surface area contributed by atoms with Crippen LogP contribution < -0.4 is 9.47 Å². The highest BCUT2D eigenvalue weighted by molar-refractivity contribution is 9.10. The van der Waals surface area contributed by atoms with E-state index in [1.807, 2.05) is 44.2 Å². The fourth-order valence-corrected chi connectivity index (χ4v) is 3.64. The Labute approximate surface area is 185 Å². The predicted molar refractivity (Wildman–Crippen MR) is 122 cm³/mol. The van der Waals surface area contributed by atoms with Crippen LogP contribution in [0.2, 0.25) is 0 Å². The largest absolute Gasteiger partial charge is 0.496 e. The summed E-state index contributed by atoms with van der Waals surface area (Å²) in [7, 11) is 1.64. The molecule has 0 aliphatic rings. The SMILES string of the molecule is CCn1ncc(Br)c1C(=O)/C=C/c1ccc(OC)c(COc2cccc(C)c2C)c1. The Morgan fingerprint density at radius 2 is 2.00 bits per heavy atom. The molecule has 3 aromatic rings. The quantitative estimate of drug-likeness (QED) is 0.311. The van der Waals surface area contributed by atoms with E-state index in [9.17, 15) is 4.79 Å². The van der Waals surface area contributed by atoms with E-state index in [1.54, 1.807) is 30.1 Å². The molecule has 156 valence electrons. The molecule has 0 N–H and O–H groups in total. The first-order chi connectivity index (χ1) is 14.4. The van der Waals surface area contributed by atoms with Gasteiger partial charge in [-0.2, -0.15) is 5.10 Å². The average Bonchev–Trinajstić information content (AvgIpc) is 3.13. The van der Waals surface area contributed by atoms with Crippen molar-refractivity contribution in [3.63, 3.8) is 0 Å². The minimum Gasteiger partial charge on any atom is -0.496 e. The molecule has 0 radical (unpaired) electrons. The van der Waals surface area contributed by atoms with E-state index in [0.717, 1.165) is 28.2 Å². The minimum absolute atomic E-state index is 0.106. The van der Waals surface area contributed by atoms with Gasteiger partial charge in [0.15, 0.2) is 0 Å². The van der Waals surface area contributed by atoms with Crippen LogP contribution in [0.1, 0.15) is 39.7 Å². The van der Waals surface area contributed by atoms with Gasteiger partial charge >= 0.3 is 0 Å². The Morgan fingerprint density at radius 1 is 1.20 bits per heavy atom. The van der Waals surface area contributed by atoms with Crippen molar-refractivity contribution in [2.45, 2.75) is 33.9 Å². The lowest BCUT2D eigenvalue weighted by atomic mass is 10.1. The zero-order valence-electron chi connectivity index (χ0n) is 17.6. The number of hydrogen-bond donors (Lipinski definition) is 0. The third-order valence-electron chi connectivity index (χ3n) is 5.00. The Hall–Kier alpha value is -2.86. The van der Waals surface area contributed by atoms with Crippen LogP contribution in [0.25, 0.3) is 6.08 Å². The second-order valence-electron chi connectivity index (χ2n) is 6.91. The first-order valence-corrected chi connectivity index (χ1v) is 10.5. The van der Waals surface area contributed by atoms with Crippen LogP contribution in [0.15, 0.2) is 53.1 Å². The first kappa shape index (κ1) is 21.8. The summed E-state index contributed by atoms with van der Waals surface area (Å²) in [6.45, 7) is 7.06. The van der Waals surface area contributed by atoms with Gasteiger partial charge < -0.3 is 9.47 Å². The van der Waals surface area contributed by atoms with Crippen molar-refractivity contribution in [3.8, 4) is 11.5 Å². The van der Waals surface area contributed by atoms with E-state index < -0.39 is 0 Å². The van der Waals surface area contributed by atoms with Crippen molar-refractivity contribution in [1.82, 2.24) is 9.78 Å². The highest BCUT2D eigenvalue weighted by Crippen LogP contribution is 2.26. The van der Waals surface area contributed by atoms with Gasteiger partial charge in [-0.1, -0.05) is 24.3 Å². The lowest BCUT2D eigenvalue weighted by Crippen LogP contribution is -2.07. The molecular weight excluding hydrogens is 444 g/mol. The van der Waals surface area contributed by atoms with Gasteiger partial charge in [-0.05, 0) is 77.7 Å². The van der Waals surface area contributed by atoms with Gasteiger partial charge in [0.1, 0.15) is 23.8 Å². The number of rotatable bonds is 8. The fraction of sp³-hybridized carbons (Fsp3) is 0.250. The maximum absolute atomic E-state index is 12.6. The molecule has 0 fully saturated rings. The summed E-state index contributed by atoms with van der Waals surface area (Å²) in [5, 5.41) is 4.20. The van der Waals surface area contributed by atoms with Crippen LogP contribution in [0.4, 0.5) is 0 Å². The first-order valence-electron chi connectivity index (χ1n) is 9.74. The van der Waals surface area contributed by atoms with Gasteiger partial charge in [0.05, 0.1) is 17.8 Å². The topological polar surface area (TPSA) is 53.4 Å². The van der Waals surface area contributed by atoms with E-state index in [1.165, 1.54) is 5.56 Å². The number of aryl methyl sites for hydroxylation is 2. The van der Waals surface area contributed by atoms with E-state index in [0.29, 0.717) is 23.3 Å². The maximum atomic E-state index is 12.6. The van der Waals surface area contributed by atoms with Crippen molar-refractivity contribution in [2.75, 3.05) is 7.11 Å². The molecule has 5 nitrogen and oxygen atoms in total. The summed E-state index contributed by atoms with van der Waals surface area (Å²) in [6.07, 6.45) is 4.99. The number of ether oxygens (including phenoxy) is 2. The molecule has 0 atom stereocenters. The Kier molecular flexibility index (Phi) is 7.11. The van der Waals surface area contributed by atoms with Crippen LogP contribution in [0, 0.1) is 13.8 Å². The number of allylic oxidation sites excluding steroid dienone is 1. The van der Waals surface area contributed by atoms with Gasteiger partial charge in [0.2, 0.25) is 5.78 Å². The Morgan fingerprint density at radius 3 is 2.73 bits per heavy atom. The highest BCUT2D eigenvalue weighted by Gasteiger charge is 2.14. The smallest absolute Gasteiger partial charge is 0.205 e. The fourth-order valence-electron chi connectivity index (χ4n) is 3.15. The van der Waals surface area contributed by atoms with E-state index in [4.69, 9.17) is 9.47 Å². The molecule has 0 saturated carbocycles. The van der Waals surface area contributed by atoms with Gasteiger partial charge in [0, 0.05) is 12.1 Å². The lowest BCUT2D eigenvalue weighted by Gasteiger charge is -2.13. The second-order valence-corrected chi connectivity index (χ2v) is 7.77. The maximum Gasteiger partial charge on any atom is 0.205 e. The zero-order chi connectivity index (χ0) is 21.7. The number of benzene rings is 2. The summed E-state index contributed by atoms with van der Waals surface area (Å²) in [6, 6.07) is 11.8. The molecule has 0 spiro atoms. The third kappa shape index (κ3) is 4.82. The van der Waals surface area contributed by atoms with Crippen molar-refractivity contribution < 1.29 is 14.3 Å². The predicted octanol–water partition coefficient (Wildman–Crippen LogP) is 5.77. The lowest BCUT2D eigenvalue weighted by molar-refractivity contribution is 0.103. The molecule has 0 bridgehead atoms. The summed E-state index contributed by atoms with van der Waals surface area (Å²) in [4.78, 5) is 12.6. The second kappa shape index (κ2) is 9.76. The normalized spacial score (nSPS) is 11.1. The van der Waals surface area contributed by atoms with Crippen LogP contribution >= 0.6 is 15.9 Å². The number of nitrogens with zero attached hydrogens (tertiary/aromatic N) is 2. The van der Waals surface area contributed by atoms with E-state index in [-0.39, 0.29) is 5.78 Å². The standard InChI is InChI=1S/C24H25BrN2O3/c1-5-27-24(20(25)14-26-27)21(28)11-9-18-10-12-23(29-4)19(13-18)15-30-22-8-6-7-16(2)17(22)3/h6-14H,5,15H2,1-4H3/b11-9+. The van der Waals surface area contributed by atoms with Crippen LogP contribution in [0.3, 0.4) is 0 Å². The number of halogens is 1. The monoisotopic (exact) mass is 468 g/mol. The van der Waals surface area contributed by atoms with Gasteiger partial charge in [-0.3, -0.25) is 9.48 Å². The molecular formula is C24H25BrN2O3. The number of aromatic nitrogens is 2. The van der Waals surface area contributed by atoms with Gasteiger partial charge in [0.25, 0.3) is 0 Å². The highest BCUT2D eigenvalue weighted by atomic mass is 79.9. The minimum atomic E-state index is -0.106. The summed E-state index contributed by atoms with van der Waals surface area (Å²) in [5.41, 5.74) is 4.65. The molecule has 2 aromatic carbocycles. The third-order valence-corrected chi connectivity index (χ3v) is 5.58. The molecule has 3 rings (SSSR count). The van der Waals surface area contributed by atoms with E-state index >= 15 is 0 Å². The number of ketones is 1. The summed E-state index contributed by atoms with van der Waals surface area (Å²) < 4.78 is 13.9. The molecule has 6 heteroatoms. The van der Waals surface area contributed by atoms with Crippen molar-refractivity contribution in [1.29, 1.82) is 0 Å². The number of carbonyl (C=O) groups excluding carboxylic acids is 1. The molecule has 0 unspecified atom stereocenters. The number of methoxy groups -OCH3 is 1. The van der Waals surface area contributed by atoms with E-state index in [2.05, 4.69) is 34.0 Å². The number of hydrogen-bond acceptors (Lipinski definition) is 4. The summed E-state index contributed by atoms with van der Waals surface area (Å²) in [5.74, 6) is 1.49. The van der Waals surface area contributed by atoms with Crippen LogP contribution in [0.5, 0.6) is 11.5 Å². The average molecular weight is 469 g/mol. The van der Waals surface area contributed by atoms with Crippen LogP contribution in [-0.2, 0) is 13.2 Å². The van der Waals surface area contributed by atoms with Gasteiger partial charge in [-0.15, -0.1) is 0 Å². The molecule has 30 heavy (non-hydrogen) atoms. The Balaban J connectivity index is 1.80. The molecule has 0 saturated heterocycles. The number of carbonyl (C=O) groups is 1. The molecule has 0 amide bonds. The van der Waals surface area contributed by atoms with Crippen molar-refractivity contribution >= 4 is 27.8 Å². The van der Waals surface area contributed by atoms with Crippen molar-refractivity contribution in [3.05, 3.63) is 81.1 Å². The van der Waals surface area contributed by atoms with Crippen molar-refractivity contribution in [2.24, 2.45) is 0 Å². The van der Waals surface area contributed by atoms with Gasteiger partial charge in [-0.25, -0.2) is 0 Å². The summed E-state index contributed by atoms with van der Waals surface area (Å²) >= 11 is 3.40. The molecule has 1 aromatic heterocycles. The molecule has 0 aliphatic carbocycles. The molecule has 0 aliphatic heterocycles. The van der Waals surface area contributed by atoms with Crippen LogP contribution in [-0.4, -0.2) is 22.7 Å².